The maximum Gasteiger partial charge on any atom is 0.198 e. The predicted octanol–water partition coefficient (Wildman–Crippen LogP) is 1.75. The smallest absolute Gasteiger partial charge is 0.198 e. The molecule has 2 rings (SSSR count). The van der Waals surface area contributed by atoms with Gasteiger partial charge in [-0.25, -0.2) is 0 Å². The lowest BCUT2D eigenvalue weighted by Gasteiger charge is -1.89. The Morgan fingerprint density at radius 2 is 2.08 bits per heavy atom. The topological polar surface area (TPSA) is 78.3 Å². The molecule has 0 bridgehead atoms. The molecule has 12 heavy (non-hydrogen) atoms. The number of rotatable bonds is 1. The SMILES string of the molecule is CCc1c(N)oc2cc(N)oc12. The van der Waals surface area contributed by atoms with Crippen molar-refractivity contribution in [1.29, 1.82) is 0 Å². The van der Waals surface area contributed by atoms with Gasteiger partial charge in [0.25, 0.3) is 0 Å². The highest BCUT2D eigenvalue weighted by Crippen LogP contribution is 2.31. The van der Waals surface area contributed by atoms with Gasteiger partial charge in [-0.15, -0.1) is 0 Å². The summed E-state index contributed by atoms with van der Waals surface area (Å²) in [6, 6.07) is 1.63. The van der Waals surface area contributed by atoms with Crippen LogP contribution >= 0.6 is 0 Å². The van der Waals surface area contributed by atoms with Crippen LogP contribution in [-0.2, 0) is 6.42 Å². The monoisotopic (exact) mass is 166 g/mol. The minimum Gasteiger partial charge on any atom is -0.437 e. The van der Waals surface area contributed by atoms with Crippen LogP contribution in [0.25, 0.3) is 11.2 Å². The Morgan fingerprint density at radius 3 is 2.75 bits per heavy atom. The summed E-state index contributed by atoms with van der Waals surface area (Å²) in [6.45, 7) is 1.99. The fraction of sp³-hybridized carbons (Fsp3) is 0.250. The van der Waals surface area contributed by atoms with Crippen LogP contribution in [0, 0.1) is 0 Å². The molecule has 0 radical (unpaired) electrons. The van der Waals surface area contributed by atoms with Crippen molar-refractivity contribution in [3.8, 4) is 0 Å². The third-order valence-electron chi connectivity index (χ3n) is 1.86. The Balaban J connectivity index is 2.78. The van der Waals surface area contributed by atoms with Crippen molar-refractivity contribution in [3.05, 3.63) is 11.6 Å². The Hall–Kier alpha value is -1.58. The first-order valence-electron chi connectivity index (χ1n) is 3.78. The van der Waals surface area contributed by atoms with Crippen molar-refractivity contribution in [2.45, 2.75) is 13.3 Å². The first-order valence-corrected chi connectivity index (χ1v) is 3.78. The molecule has 0 aromatic carbocycles. The fourth-order valence-corrected chi connectivity index (χ4v) is 1.31. The summed E-state index contributed by atoms with van der Waals surface area (Å²) in [6.07, 6.45) is 0.784. The number of fused-ring (bicyclic) bond motifs is 1. The maximum absolute atomic E-state index is 5.59. The fourth-order valence-electron chi connectivity index (χ4n) is 1.31. The van der Waals surface area contributed by atoms with Gasteiger partial charge in [0.2, 0.25) is 0 Å². The van der Waals surface area contributed by atoms with E-state index in [0.29, 0.717) is 22.9 Å². The largest absolute Gasteiger partial charge is 0.437 e. The second kappa shape index (κ2) is 2.20. The average molecular weight is 166 g/mol. The van der Waals surface area contributed by atoms with Crippen LogP contribution in [0.15, 0.2) is 14.9 Å². The molecule has 0 saturated heterocycles. The molecule has 0 saturated carbocycles. The lowest BCUT2D eigenvalue weighted by atomic mass is 10.2. The van der Waals surface area contributed by atoms with Crippen LogP contribution in [0.5, 0.6) is 0 Å². The molecule has 0 aliphatic carbocycles. The number of hydrogen-bond acceptors (Lipinski definition) is 4. The van der Waals surface area contributed by atoms with Gasteiger partial charge in [0.15, 0.2) is 22.9 Å². The lowest BCUT2D eigenvalue weighted by molar-refractivity contribution is 0.627. The number of aryl methyl sites for hydroxylation is 1. The van der Waals surface area contributed by atoms with E-state index < -0.39 is 0 Å². The molecule has 0 amide bonds. The molecule has 2 aromatic heterocycles. The zero-order chi connectivity index (χ0) is 8.72. The molecule has 64 valence electrons. The summed E-state index contributed by atoms with van der Waals surface area (Å²) in [4.78, 5) is 0. The van der Waals surface area contributed by atoms with Crippen molar-refractivity contribution >= 4 is 22.9 Å². The number of nitrogens with two attached hydrogens (primary N) is 2. The van der Waals surface area contributed by atoms with E-state index in [9.17, 15) is 0 Å². The molecule has 0 aliphatic rings. The van der Waals surface area contributed by atoms with Crippen molar-refractivity contribution in [2.24, 2.45) is 0 Å². The number of furan rings is 2. The average Bonchev–Trinajstić information content (AvgIpc) is 2.43. The highest BCUT2D eigenvalue weighted by Gasteiger charge is 2.14. The van der Waals surface area contributed by atoms with Gasteiger partial charge in [-0.1, -0.05) is 6.92 Å². The van der Waals surface area contributed by atoms with Gasteiger partial charge < -0.3 is 20.3 Å². The summed E-state index contributed by atoms with van der Waals surface area (Å²) < 4.78 is 10.4. The van der Waals surface area contributed by atoms with Crippen molar-refractivity contribution < 1.29 is 8.83 Å². The minimum atomic E-state index is 0.360. The van der Waals surface area contributed by atoms with Gasteiger partial charge in [-0.05, 0) is 6.42 Å². The van der Waals surface area contributed by atoms with Gasteiger partial charge in [-0.2, -0.15) is 0 Å². The van der Waals surface area contributed by atoms with E-state index in [0.717, 1.165) is 12.0 Å². The maximum atomic E-state index is 5.59. The van der Waals surface area contributed by atoms with E-state index in [-0.39, 0.29) is 0 Å². The van der Waals surface area contributed by atoms with Crippen LogP contribution < -0.4 is 11.5 Å². The van der Waals surface area contributed by atoms with Crippen molar-refractivity contribution in [1.82, 2.24) is 0 Å². The molecule has 2 aromatic rings. The van der Waals surface area contributed by atoms with Crippen LogP contribution in [0.3, 0.4) is 0 Å². The number of anilines is 2. The van der Waals surface area contributed by atoms with Crippen LogP contribution in [0.2, 0.25) is 0 Å². The van der Waals surface area contributed by atoms with Gasteiger partial charge in [0.05, 0.1) is 5.56 Å². The van der Waals surface area contributed by atoms with Crippen molar-refractivity contribution in [2.75, 3.05) is 11.5 Å². The van der Waals surface area contributed by atoms with E-state index in [2.05, 4.69) is 0 Å². The summed E-state index contributed by atoms with van der Waals surface area (Å²) >= 11 is 0. The molecule has 4 heteroatoms. The van der Waals surface area contributed by atoms with Crippen LogP contribution in [0.1, 0.15) is 12.5 Å². The zero-order valence-corrected chi connectivity index (χ0v) is 6.76. The van der Waals surface area contributed by atoms with E-state index in [1.165, 1.54) is 0 Å². The van der Waals surface area contributed by atoms with E-state index in [1.807, 2.05) is 6.92 Å². The Labute approximate surface area is 69.1 Å². The summed E-state index contributed by atoms with van der Waals surface area (Å²) in [5, 5.41) is 0. The highest BCUT2D eigenvalue weighted by molar-refractivity contribution is 5.82. The van der Waals surface area contributed by atoms with E-state index >= 15 is 0 Å². The van der Waals surface area contributed by atoms with Crippen LogP contribution in [-0.4, -0.2) is 0 Å². The second-order valence-electron chi connectivity index (χ2n) is 2.64. The van der Waals surface area contributed by atoms with E-state index in [4.69, 9.17) is 20.3 Å². The number of nitrogen functional groups attached to an aromatic ring is 2. The number of hydrogen-bond donors (Lipinski definition) is 2. The molecule has 4 N–H and O–H groups in total. The first kappa shape index (κ1) is 7.09. The highest BCUT2D eigenvalue weighted by atomic mass is 16.4. The Bertz CT molecular complexity index is 414. The van der Waals surface area contributed by atoms with Gasteiger partial charge in [0.1, 0.15) is 0 Å². The normalized spacial score (nSPS) is 11.1. The molecule has 0 atom stereocenters. The zero-order valence-electron chi connectivity index (χ0n) is 6.76. The third-order valence-corrected chi connectivity index (χ3v) is 1.86. The van der Waals surface area contributed by atoms with Crippen LogP contribution in [0.4, 0.5) is 11.8 Å². The third kappa shape index (κ3) is 0.777. The first-order chi connectivity index (χ1) is 5.72. The lowest BCUT2D eigenvalue weighted by Crippen LogP contribution is -1.87. The minimum absolute atomic E-state index is 0.360. The van der Waals surface area contributed by atoms with E-state index in [1.54, 1.807) is 6.07 Å². The molecule has 0 unspecified atom stereocenters. The van der Waals surface area contributed by atoms with Gasteiger partial charge in [-0.3, -0.25) is 0 Å². The molecule has 0 aliphatic heterocycles. The molecule has 2 heterocycles. The predicted molar refractivity (Wildman–Crippen MR) is 46.7 cm³/mol. The molecular weight excluding hydrogens is 156 g/mol. The van der Waals surface area contributed by atoms with Gasteiger partial charge >= 0.3 is 0 Å². The Morgan fingerprint density at radius 1 is 1.33 bits per heavy atom. The molecule has 0 fully saturated rings. The summed E-state index contributed by atoms with van der Waals surface area (Å²) in [5.41, 5.74) is 13.2. The standard InChI is InChI=1S/C8H10N2O2/c1-2-4-7-5(11-8(4)10)3-6(9)12-7/h3H,2,9-10H2,1H3. The molecule has 4 nitrogen and oxygen atoms in total. The van der Waals surface area contributed by atoms with Gasteiger partial charge in [0, 0.05) is 6.07 Å². The quantitative estimate of drug-likeness (QED) is 0.676. The Kier molecular flexibility index (Phi) is 1.30. The molecule has 0 spiro atoms. The summed E-state index contributed by atoms with van der Waals surface area (Å²) in [5.74, 6) is 0.782. The molecular formula is C8H10N2O2. The summed E-state index contributed by atoms with van der Waals surface area (Å²) in [7, 11) is 0. The van der Waals surface area contributed by atoms with Crippen molar-refractivity contribution in [3.63, 3.8) is 0 Å². The second-order valence-corrected chi connectivity index (χ2v) is 2.64.